The van der Waals surface area contributed by atoms with Crippen LogP contribution in [0.1, 0.15) is 11.6 Å². The number of hydrogen-bond donors (Lipinski definition) is 1. The lowest BCUT2D eigenvalue weighted by Crippen LogP contribution is -2.19. The highest BCUT2D eigenvalue weighted by Crippen LogP contribution is 2.26. The molecule has 6 heteroatoms. The first-order valence-electron chi connectivity index (χ1n) is 4.35. The summed E-state index contributed by atoms with van der Waals surface area (Å²) in [5, 5.41) is 13.2. The molecule has 6 nitrogen and oxygen atoms in total. The van der Waals surface area contributed by atoms with Gasteiger partial charge in [-0.3, -0.25) is 10.1 Å². The van der Waals surface area contributed by atoms with E-state index in [2.05, 4.69) is 10.1 Å². The number of alkyl carbamates (subject to hydrolysis) is 1. The van der Waals surface area contributed by atoms with Crippen molar-refractivity contribution in [3.05, 3.63) is 39.9 Å². The van der Waals surface area contributed by atoms with Crippen LogP contribution in [0.4, 0.5) is 10.5 Å². The van der Waals surface area contributed by atoms with E-state index in [4.69, 9.17) is 0 Å². The van der Waals surface area contributed by atoms with Crippen molar-refractivity contribution in [1.29, 1.82) is 0 Å². The zero-order valence-corrected chi connectivity index (χ0v) is 7.67. The van der Waals surface area contributed by atoms with Crippen LogP contribution in [0.3, 0.4) is 0 Å². The van der Waals surface area contributed by atoms with Gasteiger partial charge < -0.3 is 10.1 Å². The number of para-hydroxylation sites is 1. The number of nitrogens with one attached hydrogen (secondary N) is 1. The van der Waals surface area contributed by atoms with Crippen LogP contribution in [-0.4, -0.2) is 17.6 Å². The highest BCUT2D eigenvalue weighted by molar-refractivity contribution is 5.70. The highest BCUT2D eigenvalue weighted by atomic mass is 16.6. The van der Waals surface area contributed by atoms with Crippen LogP contribution in [-0.2, 0) is 4.74 Å². The van der Waals surface area contributed by atoms with Gasteiger partial charge in [-0.05, 0) is 6.07 Å². The fourth-order valence-corrected chi connectivity index (χ4v) is 1.50. The van der Waals surface area contributed by atoms with Crippen LogP contribution >= 0.6 is 0 Å². The molecule has 15 heavy (non-hydrogen) atoms. The number of nitro benzene ring substituents is 1. The van der Waals surface area contributed by atoms with Gasteiger partial charge in [0, 0.05) is 6.07 Å². The maximum atomic E-state index is 10.8. The molecule has 1 aliphatic rings. The molecule has 0 saturated carbocycles. The molecule has 78 valence electrons. The number of carbonyl (C=O) groups excluding carboxylic acids is 1. The van der Waals surface area contributed by atoms with Crippen molar-refractivity contribution in [3.8, 4) is 0 Å². The first-order chi connectivity index (χ1) is 7.18. The number of amides is 1. The molecule has 2 rings (SSSR count). The number of nitrogens with zero attached hydrogens (tertiary/aromatic N) is 1. The van der Waals surface area contributed by atoms with Crippen molar-refractivity contribution in [2.75, 3.05) is 6.61 Å². The van der Waals surface area contributed by atoms with E-state index < -0.39 is 17.1 Å². The summed E-state index contributed by atoms with van der Waals surface area (Å²) in [6, 6.07) is 5.85. The lowest BCUT2D eigenvalue weighted by atomic mass is 10.1. The average molecular weight is 208 g/mol. The first-order valence-corrected chi connectivity index (χ1v) is 4.35. The quantitative estimate of drug-likeness (QED) is 0.587. The average Bonchev–Trinajstić information content (AvgIpc) is 2.65. The number of hydrogen-bond acceptors (Lipinski definition) is 4. The Labute approximate surface area is 85.0 Å². The molecule has 0 radical (unpaired) electrons. The molecule has 1 aromatic carbocycles. The first kappa shape index (κ1) is 9.45. The summed E-state index contributed by atoms with van der Waals surface area (Å²) in [7, 11) is 0. The van der Waals surface area contributed by atoms with Crippen LogP contribution in [0, 0.1) is 10.1 Å². The van der Waals surface area contributed by atoms with Crippen molar-refractivity contribution in [2.24, 2.45) is 0 Å². The standard InChI is InChI=1S/C9H8N2O4/c12-9-10-7(5-15-9)6-3-1-2-4-8(6)11(13)14/h1-4,7H,5H2,(H,10,12)/t7-/m1/s1. The molecule has 1 saturated heterocycles. The third-order valence-electron chi connectivity index (χ3n) is 2.18. The van der Waals surface area contributed by atoms with Crippen molar-refractivity contribution in [1.82, 2.24) is 5.32 Å². The maximum Gasteiger partial charge on any atom is 0.407 e. The third kappa shape index (κ3) is 1.74. The van der Waals surface area contributed by atoms with Gasteiger partial charge in [0.05, 0.1) is 16.5 Å². The third-order valence-corrected chi connectivity index (χ3v) is 2.18. The van der Waals surface area contributed by atoms with E-state index in [1.165, 1.54) is 6.07 Å². The van der Waals surface area contributed by atoms with Crippen molar-refractivity contribution in [3.63, 3.8) is 0 Å². The van der Waals surface area contributed by atoms with Gasteiger partial charge in [-0.15, -0.1) is 0 Å². The van der Waals surface area contributed by atoms with Gasteiger partial charge in [0.2, 0.25) is 0 Å². The molecule has 1 aliphatic heterocycles. The zero-order chi connectivity index (χ0) is 10.8. The molecule has 1 aromatic rings. The van der Waals surface area contributed by atoms with Crippen molar-refractivity contribution in [2.45, 2.75) is 6.04 Å². The summed E-state index contributed by atoms with van der Waals surface area (Å²) in [5.41, 5.74) is 0.460. The molecule has 1 atom stereocenters. The summed E-state index contributed by atoms with van der Waals surface area (Å²) < 4.78 is 4.68. The van der Waals surface area contributed by atoms with Gasteiger partial charge >= 0.3 is 6.09 Å². The van der Waals surface area contributed by atoms with Gasteiger partial charge in [0.1, 0.15) is 6.61 Å². The number of benzene rings is 1. The largest absolute Gasteiger partial charge is 0.447 e. The predicted octanol–water partition coefficient (Wildman–Crippen LogP) is 1.38. The Kier molecular flexibility index (Phi) is 2.24. The summed E-state index contributed by atoms with van der Waals surface area (Å²) >= 11 is 0. The van der Waals surface area contributed by atoms with E-state index in [9.17, 15) is 14.9 Å². The molecule has 1 fully saturated rings. The minimum absolute atomic E-state index is 0.00620. The predicted molar refractivity (Wildman–Crippen MR) is 50.3 cm³/mol. The van der Waals surface area contributed by atoms with Gasteiger partial charge in [-0.1, -0.05) is 12.1 Å². The molecule has 1 N–H and O–H groups in total. The van der Waals surface area contributed by atoms with E-state index in [-0.39, 0.29) is 12.3 Å². The molecule has 0 bridgehead atoms. The Morgan fingerprint density at radius 3 is 2.80 bits per heavy atom. The number of ether oxygens (including phenoxy) is 1. The van der Waals surface area contributed by atoms with Crippen LogP contribution < -0.4 is 5.32 Å². The Bertz CT molecular complexity index is 418. The number of cyclic esters (lactones) is 1. The summed E-state index contributed by atoms with van der Waals surface area (Å²) in [6.07, 6.45) is -0.543. The molecular weight excluding hydrogens is 200 g/mol. The van der Waals surface area contributed by atoms with E-state index in [1.54, 1.807) is 18.2 Å². The minimum Gasteiger partial charge on any atom is -0.447 e. The topological polar surface area (TPSA) is 81.5 Å². The Morgan fingerprint density at radius 2 is 2.20 bits per heavy atom. The fourth-order valence-electron chi connectivity index (χ4n) is 1.50. The second-order valence-corrected chi connectivity index (χ2v) is 3.11. The smallest absolute Gasteiger partial charge is 0.407 e. The van der Waals surface area contributed by atoms with Crippen LogP contribution in [0.25, 0.3) is 0 Å². The lowest BCUT2D eigenvalue weighted by molar-refractivity contribution is -0.385. The van der Waals surface area contributed by atoms with Crippen LogP contribution in [0.5, 0.6) is 0 Å². The fraction of sp³-hybridized carbons (Fsp3) is 0.222. The van der Waals surface area contributed by atoms with Crippen LogP contribution in [0.15, 0.2) is 24.3 Å². The summed E-state index contributed by atoms with van der Waals surface area (Å²) in [5.74, 6) is 0. The minimum atomic E-state index is -0.543. The summed E-state index contributed by atoms with van der Waals surface area (Å²) in [6.45, 7) is 0.129. The summed E-state index contributed by atoms with van der Waals surface area (Å²) in [4.78, 5) is 21.0. The molecule has 1 heterocycles. The van der Waals surface area contributed by atoms with Gasteiger partial charge in [0.25, 0.3) is 5.69 Å². The molecule has 0 aliphatic carbocycles. The molecule has 0 aromatic heterocycles. The second kappa shape index (κ2) is 3.56. The van der Waals surface area contributed by atoms with Gasteiger partial charge in [0.15, 0.2) is 0 Å². The van der Waals surface area contributed by atoms with E-state index in [1.807, 2.05) is 0 Å². The van der Waals surface area contributed by atoms with Crippen molar-refractivity contribution >= 4 is 11.8 Å². The monoisotopic (exact) mass is 208 g/mol. The van der Waals surface area contributed by atoms with E-state index in [0.29, 0.717) is 5.56 Å². The van der Waals surface area contributed by atoms with Crippen molar-refractivity contribution < 1.29 is 14.5 Å². The lowest BCUT2D eigenvalue weighted by Gasteiger charge is -2.07. The maximum absolute atomic E-state index is 10.8. The van der Waals surface area contributed by atoms with Crippen LogP contribution in [0.2, 0.25) is 0 Å². The molecule has 0 unspecified atom stereocenters. The zero-order valence-electron chi connectivity index (χ0n) is 7.67. The molecule has 0 spiro atoms. The molecule has 1 amide bonds. The Morgan fingerprint density at radius 1 is 1.47 bits per heavy atom. The number of nitro groups is 1. The van der Waals surface area contributed by atoms with E-state index >= 15 is 0 Å². The normalized spacial score (nSPS) is 19.5. The Balaban J connectivity index is 2.35. The van der Waals surface area contributed by atoms with Gasteiger partial charge in [-0.2, -0.15) is 0 Å². The number of carbonyl (C=O) groups is 1. The van der Waals surface area contributed by atoms with E-state index in [0.717, 1.165) is 0 Å². The second-order valence-electron chi connectivity index (χ2n) is 3.11. The Hall–Kier alpha value is -2.11. The van der Waals surface area contributed by atoms with Gasteiger partial charge in [-0.25, -0.2) is 4.79 Å². The highest BCUT2D eigenvalue weighted by Gasteiger charge is 2.29. The number of rotatable bonds is 2. The molecular formula is C9H8N2O4. The SMILES string of the molecule is O=C1N[C@@H](c2ccccc2[N+](=O)[O-])CO1.